The molecule has 0 aromatic carbocycles. The van der Waals surface area contributed by atoms with E-state index in [1.807, 2.05) is 0 Å². The number of carbonyl (C=O) groups excluding carboxylic acids is 4. The Bertz CT molecular complexity index is 668. The van der Waals surface area contributed by atoms with E-state index >= 15 is 0 Å². The molecule has 2 aliphatic rings. The summed E-state index contributed by atoms with van der Waals surface area (Å²) in [5, 5.41) is 0. The summed E-state index contributed by atoms with van der Waals surface area (Å²) in [6.45, 7) is 12.9. The Morgan fingerprint density at radius 3 is 1.82 bits per heavy atom. The lowest BCUT2D eigenvalue weighted by Crippen LogP contribution is -2.57. The number of hydrogen-bond acceptors (Lipinski definition) is 6. The molecular formula is C19H31N3O6. The number of nitrogens with zero attached hydrogens (tertiary/aromatic N) is 3. The summed E-state index contributed by atoms with van der Waals surface area (Å²) in [7, 11) is 0. The average molecular weight is 397 g/mol. The van der Waals surface area contributed by atoms with Gasteiger partial charge in [0, 0.05) is 19.6 Å². The minimum Gasteiger partial charge on any atom is -0.444 e. The highest BCUT2D eigenvalue weighted by atomic mass is 16.6. The number of urea groups is 1. The first-order valence-electron chi connectivity index (χ1n) is 9.59. The molecule has 0 N–H and O–H groups in total. The molecule has 5 amide bonds. The molecular weight excluding hydrogens is 366 g/mol. The predicted octanol–water partition coefficient (Wildman–Crippen LogP) is 2.98. The number of rotatable bonds is 1. The van der Waals surface area contributed by atoms with Gasteiger partial charge in [0.15, 0.2) is 0 Å². The van der Waals surface area contributed by atoms with Crippen molar-refractivity contribution in [3.05, 3.63) is 0 Å². The summed E-state index contributed by atoms with van der Waals surface area (Å²) in [5.74, 6) is -0.586. The zero-order valence-electron chi connectivity index (χ0n) is 17.8. The van der Waals surface area contributed by atoms with Gasteiger partial charge in [-0.1, -0.05) is 0 Å². The molecule has 0 saturated carbocycles. The van der Waals surface area contributed by atoms with E-state index in [0.717, 1.165) is 0 Å². The van der Waals surface area contributed by atoms with Crippen LogP contribution in [0.2, 0.25) is 0 Å². The molecule has 0 unspecified atom stereocenters. The van der Waals surface area contributed by atoms with Gasteiger partial charge in [0.05, 0.1) is 0 Å². The van der Waals surface area contributed by atoms with Gasteiger partial charge in [-0.2, -0.15) is 4.90 Å². The second-order valence-electron chi connectivity index (χ2n) is 9.15. The van der Waals surface area contributed by atoms with Crippen molar-refractivity contribution in [3.8, 4) is 0 Å². The highest BCUT2D eigenvalue weighted by Gasteiger charge is 2.60. The van der Waals surface area contributed by atoms with Crippen LogP contribution in [0.15, 0.2) is 0 Å². The van der Waals surface area contributed by atoms with Crippen LogP contribution in [-0.4, -0.2) is 75.2 Å². The minimum atomic E-state index is -1.14. The third kappa shape index (κ3) is 4.23. The van der Waals surface area contributed by atoms with Gasteiger partial charge in [0.25, 0.3) is 5.91 Å². The molecule has 2 saturated heterocycles. The van der Waals surface area contributed by atoms with E-state index in [-0.39, 0.29) is 32.5 Å². The van der Waals surface area contributed by atoms with Gasteiger partial charge < -0.3 is 19.3 Å². The standard InChI is InChI=1S/C19H31N3O6/c1-8-21-14(24)22(16(26)28-18(5,6)7)13(23)19(21)9-11-20(12-10-19)15(25)27-17(2,3)4/h8-12H2,1-7H3. The van der Waals surface area contributed by atoms with Gasteiger partial charge in [0.2, 0.25) is 0 Å². The van der Waals surface area contributed by atoms with Gasteiger partial charge in [0.1, 0.15) is 16.7 Å². The topological polar surface area (TPSA) is 96.5 Å². The fourth-order valence-electron chi connectivity index (χ4n) is 3.49. The molecule has 28 heavy (non-hydrogen) atoms. The van der Waals surface area contributed by atoms with Crippen LogP contribution in [0.4, 0.5) is 14.4 Å². The summed E-state index contributed by atoms with van der Waals surface area (Å²) < 4.78 is 10.6. The number of imide groups is 3. The predicted molar refractivity (Wildman–Crippen MR) is 101 cm³/mol. The van der Waals surface area contributed by atoms with Crippen molar-refractivity contribution in [2.45, 2.75) is 78.0 Å². The number of likely N-dealkylation sites (tertiary alicyclic amines) is 1. The van der Waals surface area contributed by atoms with Crippen molar-refractivity contribution in [2.75, 3.05) is 19.6 Å². The van der Waals surface area contributed by atoms with Gasteiger partial charge in [-0.3, -0.25) is 4.79 Å². The van der Waals surface area contributed by atoms with Crippen molar-refractivity contribution in [1.29, 1.82) is 0 Å². The van der Waals surface area contributed by atoms with Gasteiger partial charge in [-0.05, 0) is 61.3 Å². The highest BCUT2D eigenvalue weighted by Crippen LogP contribution is 2.38. The molecule has 0 atom stereocenters. The average Bonchev–Trinajstić information content (AvgIpc) is 2.71. The molecule has 0 aliphatic carbocycles. The summed E-state index contributed by atoms with van der Waals surface area (Å²) >= 11 is 0. The Kier molecular flexibility index (Phi) is 5.69. The van der Waals surface area contributed by atoms with Crippen LogP contribution in [0.25, 0.3) is 0 Å². The maximum Gasteiger partial charge on any atom is 0.425 e. The summed E-state index contributed by atoms with van der Waals surface area (Å²) in [5.41, 5.74) is -2.58. The van der Waals surface area contributed by atoms with Crippen molar-refractivity contribution in [3.63, 3.8) is 0 Å². The van der Waals surface area contributed by atoms with Gasteiger partial charge in [-0.25, -0.2) is 14.4 Å². The fraction of sp³-hybridized carbons (Fsp3) is 0.789. The van der Waals surface area contributed by atoms with E-state index in [4.69, 9.17) is 9.47 Å². The normalized spacial score (nSPS) is 20.0. The number of amides is 5. The van der Waals surface area contributed by atoms with E-state index in [1.54, 1.807) is 48.5 Å². The van der Waals surface area contributed by atoms with Crippen LogP contribution in [0.1, 0.15) is 61.3 Å². The molecule has 2 rings (SSSR count). The lowest BCUT2D eigenvalue weighted by Gasteiger charge is -2.41. The molecule has 0 bridgehead atoms. The summed E-state index contributed by atoms with van der Waals surface area (Å²) in [6.07, 6.45) is -0.938. The Morgan fingerprint density at radius 1 is 0.929 bits per heavy atom. The van der Waals surface area contributed by atoms with Gasteiger partial charge in [-0.15, -0.1) is 0 Å². The van der Waals surface area contributed by atoms with Crippen molar-refractivity contribution < 1.29 is 28.7 Å². The second-order valence-corrected chi connectivity index (χ2v) is 9.15. The van der Waals surface area contributed by atoms with Crippen LogP contribution < -0.4 is 0 Å². The second kappa shape index (κ2) is 7.25. The largest absolute Gasteiger partial charge is 0.444 e. The summed E-state index contributed by atoms with van der Waals surface area (Å²) in [6, 6.07) is -0.674. The van der Waals surface area contributed by atoms with Crippen LogP contribution in [-0.2, 0) is 14.3 Å². The van der Waals surface area contributed by atoms with E-state index in [1.165, 1.54) is 9.80 Å². The van der Waals surface area contributed by atoms with E-state index in [2.05, 4.69) is 0 Å². The lowest BCUT2D eigenvalue weighted by molar-refractivity contribution is -0.135. The maximum atomic E-state index is 13.1. The number of piperidine rings is 1. The minimum absolute atomic E-state index is 0.240. The number of carbonyl (C=O) groups is 4. The molecule has 0 aromatic heterocycles. The van der Waals surface area contributed by atoms with Crippen molar-refractivity contribution >= 4 is 24.1 Å². The number of ether oxygens (including phenoxy) is 2. The molecule has 2 fully saturated rings. The Hall–Kier alpha value is -2.32. The molecule has 158 valence electrons. The van der Waals surface area contributed by atoms with Crippen LogP contribution in [0.3, 0.4) is 0 Å². The molecule has 1 spiro atoms. The number of hydrogen-bond donors (Lipinski definition) is 0. The lowest BCUT2D eigenvalue weighted by atomic mass is 9.86. The molecule has 2 heterocycles. The van der Waals surface area contributed by atoms with Crippen LogP contribution in [0.5, 0.6) is 0 Å². The van der Waals surface area contributed by atoms with Crippen molar-refractivity contribution in [1.82, 2.24) is 14.7 Å². The van der Waals surface area contributed by atoms with E-state index in [9.17, 15) is 19.2 Å². The van der Waals surface area contributed by atoms with Crippen LogP contribution >= 0.6 is 0 Å². The van der Waals surface area contributed by atoms with E-state index < -0.39 is 40.9 Å². The first kappa shape index (κ1) is 22.0. The molecule has 0 aromatic rings. The molecule has 9 nitrogen and oxygen atoms in total. The summed E-state index contributed by atoms with van der Waals surface area (Å²) in [4.78, 5) is 54.2. The first-order chi connectivity index (χ1) is 12.7. The molecule has 0 radical (unpaired) electrons. The number of likely N-dealkylation sites (N-methyl/N-ethyl adjacent to an activating group) is 1. The Balaban J connectivity index is 2.19. The third-order valence-electron chi connectivity index (χ3n) is 4.67. The van der Waals surface area contributed by atoms with Crippen LogP contribution in [0, 0.1) is 0 Å². The zero-order valence-corrected chi connectivity index (χ0v) is 17.8. The maximum absolute atomic E-state index is 13.1. The van der Waals surface area contributed by atoms with Crippen molar-refractivity contribution in [2.24, 2.45) is 0 Å². The first-order valence-corrected chi connectivity index (χ1v) is 9.59. The van der Waals surface area contributed by atoms with Gasteiger partial charge >= 0.3 is 18.2 Å². The fourth-order valence-corrected chi connectivity index (χ4v) is 3.49. The quantitative estimate of drug-likeness (QED) is 0.631. The molecule has 2 aliphatic heterocycles. The smallest absolute Gasteiger partial charge is 0.425 e. The SMILES string of the molecule is CCN1C(=O)N(C(=O)OC(C)(C)C)C(=O)C12CCN(C(=O)OC(C)(C)C)CC2. The highest BCUT2D eigenvalue weighted by molar-refractivity contribution is 6.16. The third-order valence-corrected chi connectivity index (χ3v) is 4.67. The Morgan fingerprint density at radius 2 is 1.39 bits per heavy atom. The Labute approximate surface area is 165 Å². The monoisotopic (exact) mass is 397 g/mol. The molecule has 9 heteroatoms. The van der Waals surface area contributed by atoms with E-state index in [0.29, 0.717) is 4.90 Å². The zero-order chi connectivity index (χ0) is 21.5.